The zero-order chi connectivity index (χ0) is 9.31. The molecule has 0 aromatic carbocycles. The molecule has 1 aliphatic carbocycles. The van der Waals surface area contributed by atoms with E-state index in [2.05, 4.69) is 0 Å². The van der Waals surface area contributed by atoms with Gasteiger partial charge in [-0.15, -0.1) is 0 Å². The van der Waals surface area contributed by atoms with Gasteiger partial charge in [0.15, 0.2) is 0 Å². The molecule has 3 nitrogen and oxygen atoms in total. The van der Waals surface area contributed by atoms with Crippen LogP contribution in [0, 0.1) is 5.41 Å². The molecule has 1 unspecified atom stereocenters. The zero-order valence-electron chi connectivity index (χ0n) is 7.79. The van der Waals surface area contributed by atoms with Gasteiger partial charge in [0.2, 0.25) is 0 Å². The summed E-state index contributed by atoms with van der Waals surface area (Å²) >= 11 is 0. The lowest BCUT2D eigenvalue weighted by molar-refractivity contribution is -0.146. The van der Waals surface area contributed by atoms with Gasteiger partial charge in [-0.25, -0.2) is 0 Å². The van der Waals surface area contributed by atoms with Gasteiger partial charge in [0.05, 0.1) is 12.5 Å². The first-order valence-electron chi connectivity index (χ1n) is 5.06. The van der Waals surface area contributed by atoms with Crippen molar-refractivity contribution in [3.8, 4) is 0 Å². The minimum Gasteiger partial charge on any atom is -0.481 e. The van der Waals surface area contributed by atoms with Crippen molar-refractivity contribution in [1.29, 1.82) is 0 Å². The number of aliphatic carboxylic acids is 1. The van der Waals surface area contributed by atoms with Gasteiger partial charge >= 0.3 is 5.97 Å². The molecule has 1 saturated carbocycles. The number of rotatable bonds is 3. The minimum absolute atomic E-state index is 0.00231. The molecule has 2 fully saturated rings. The highest BCUT2D eigenvalue weighted by molar-refractivity contribution is 5.68. The highest BCUT2D eigenvalue weighted by Crippen LogP contribution is 2.50. The molecule has 1 heterocycles. The molecule has 3 heteroatoms. The van der Waals surface area contributed by atoms with Gasteiger partial charge in [0, 0.05) is 12.0 Å². The minimum atomic E-state index is -0.671. The predicted molar refractivity (Wildman–Crippen MR) is 47.5 cm³/mol. The lowest BCUT2D eigenvalue weighted by Crippen LogP contribution is -2.42. The third-order valence-electron chi connectivity index (χ3n) is 3.47. The second kappa shape index (κ2) is 3.29. The van der Waals surface area contributed by atoms with Crippen LogP contribution < -0.4 is 0 Å². The molecular formula is C10H16O3. The van der Waals surface area contributed by atoms with Crippen LogP contribution in [0.4, 0.5) is 0 Å². The van der Waals surface area contributed by atoms with Crippen molar-refractivity contribution in [1.82, 2.24) is 0 Å². The summed E-state index contributed by atoms with van der Waals surface area (Å²) in [6.45, 7) is 0.825. The highest BCUT2D eigenvalue weighted by Gasteiger charge is 2.47. The topological polar surface area (TPSA) is 46.5 Å². The summed E-state index contributed by atoms with van der Waals surface area (Å²) in [5, 5.41) is 8.82. The number of carbonyl (C=O) groups is 1. The monoisotopic (exact) mass is 184 g/mol. The van der Waals surface area contributed by atoms with Gasteiger partial charge < -0.3 is 9.84 Å². The molecule has 13 heavy (non-hydrogen) atoms. The van der Waals surface area contributed by atoms with Crippen LogP contribution >= 0.6 is 0 Å². The van der Waals surface area contributed by atoms with Gasteiger partial charge in [-0.1, -0.05) is 6.42 Å². The fraction of sp³-hybridized carbons (Fsp3) is 0.900. The molecule has 74 valence electrons. The van der Waals surface area contributed by atoms with Crippen LogP contribution in [-0.4, -0.2) is 23.8 Å². The van der Waals surface area contributed by atoms with E-state index in [0.29, 0.717) is 6.42 Å². The molecule has 1 N–H and O–H groups in total. The maximum Gasteiger partial charge on any atom is 0.304 e. The van der Waals surface area contributed by atoms with Crippen LogP contribution in [0.15, 0.2) is 0 Å². The Morgan fingerprint density at radius 2 is 2.23 bits per heavy atom. The molecular weight excluding hydrogens is 168 g/mol. The van der Waals surface area contributed by atoms with E-state index in [0.717, 1.165) is 32.3 Å². The van der Waals surface area contributed by atoms with E-state index in [1.165, 1.54) is 6.42 Å². The van der Waals surface area contributed by atoms with Crippen molar-refractivity contribution < 1.29 is 14.6 Å². The summed E-state index contributed by atoms with van der Waals surface area (Å²) in [4.78, 5) is 10.7. The largest absolute Gasteiger partial charge is 0.481 e. The maximum absolute atomic E-state index is 10.7. The molecule has 0 radical (unpaired) electrons. The molecule has 0 aromatic rings. The summed E-state index contributed by atoms with van der Waals surface area (Å²) in [6.07, 6.45) is 5.97. The average molecular weight is 184 g/mol. The quantitative estimate of drug-likeness (QED) is 0.727. The summed E-state index contributed by atoms with van der Waals surface area (Å²) in [7, 11) is 0. The van der Waals surface area contributed by atoms with Crippen LogP contribution in [0.25, 0.3) is 0 Å². The third-order valence-corrected chi connectivity index (χ3v) is 3.47. The Balaban J connectivity index is 2.01. The first kappa shape index (κ1) is 9.00. The van der Waals surface area contributed by atoms with Crippen LogP contribution in [0.3, 0.4) is 0 Å². The number of ether oxygens (including phenoxy) is 1. The van der Waals surface area contributed by atoms with Crippen LogP contribution in [0.1, 0.15) is 38.5 Å². The van der Waals surface area contributed by atoms with Crippen molar-refractivity contribution in [2.24, 2.45) is 5.41 Å². The molecule has 0 bridgehead atoms. The Morgan fingerprint density at radius 3 is 2.62 bits per heavy atom. The van der Waals surface area contributed by atoms with Crippen LogP contribution in [0.2, 0.25) is 0 Å². The van der Waals surface area contributed by atoms with Crippen molar-refractivity contribution >= 4 is 5.97 Å². The Bertz CT molecular complexity index is 202. The maximum atomic E-state index is 10.7. The van der Waals surface area contributed by atoms with Crippen molar-refractivity contribution in [2.75, 3.05) is 6.61 Å². The molecule has 0 amide bonds. The van der Waals surface area contributed by atoms with Crippen LogP contribution in [0.5, 0.6) is 0 Å². The predicted octanol–water partition coefficient (Wildman–Crippen LogP) is 1.81. The van der Waals surface area contributed by atoms with Crippen LogP contribution in [-0.2, 0) is 9.53 Å². The fourth-order valence-electron chi connectivity index (χ4n) is 2.61. The summed E-state index contributed by atoms with van der Waals surface area (Å²) in [6, 6.07) is 0. The lowest BCUT2D eigenvalue weighted by atomic mass is 9.62. The SMILES string of the molecule is O=C(O)CC1(C2CCCO2)CCC1. The van der Waals surface area contributed by atoms with Gasteiger partial charge in [-0.05, 0) is 25.7 Å². The summed E-state index contributed by atoms with van der Waals surface area (Å²) in [5.41, 5.74) is 0.00231. The van der Waals surface area contributed by atoms with E-state index >= 15 is 0 Å². The molecule has 1 aliphatic heterocycles. The highest BCUT2D eigenvalue weighted by atomic mass is 16.5. The van der Waals surface area contributed by atoms with Gasteiger partial charge in [-0.3, -0.25) is 4.79 Å². The zero-order valence-corrected chi connectivity index (χ0v) is 7.79. The number of hydrogen-bond donors (Lipinski definition) is 1. The van der Waals surface area contributed by atoms with Crippen molar-refractivity contribution in [2.45, 2.75) is 44.6 Å². The van der Waals surface area contributed by atoms with Crippen molar-refractivity contribution in [3.05, 3.63) is 0 Å². The lowest BCUT2D eigenvalue weighted by Gasteiger charge is -2.44. The van der Waals surface area contributed by atoms with Gasteiger partial charge in [0.1, 0.15) is 0 Å². The van der Waals surface area contributed by atoms with E-state index in [1.54, 1.807) is 0 Å². The second-order valence-corrected chi connectivity index (χ2v) is 4.29. The van der Waals surface area contributed by atoms with E-state index in [-0.39, 0.29) is 11.5 Å². The Kier molecular flexibility index (Phi) is 2.28. The van der Waals surface area contributed by atoms with E-state index in [4.69, 9.17) is 9.84 Å². The number of carboxylic acid groups (broad SMARTS) is 1. The fourth-order valence-corrected chi connectivity index (χ4v) is 2.61. The Labute approximate surface area is 78.1 Å². The number of hydrogen-bond acceptors (Lipinski definition) is 2. The molecule has 1 atom stereocenters. The third kappa shape index (κ3) is 1.57. The molecule has 1 saturated heterocycles. The standard InChI is InChI=1S/C10H16O3/c11-9(12)7-10(4-2-5-10)8-3-1-6-13-8/h8H,1-7H2,(H,11,12). The first-order valence-corrected chi connectivity index (χ1v) is 5.06. The molecule has 2 aliphatic rings. The summed E-state index contributed by atoms with van der Waals surface area (Å²) in [5.74, 6) is -0.671. The second-order valence-electron chi connectivity index (χ2n) is 4.29. The summed E-state index contributed by atoms with van der Waals surface area (Å²) < 4.78 is 5.60. The average Bonchev–Trinajstić information content (AvgIpc) is 2.48. The van der Waals surface area contributed by atoms with Gasteiger partial charge in [0.25, 0.3) is 0 Å². The molecule has 0 spiro atoms. The van der Waals surface area contributed by atoms with Crippen molar-refractivity contribution in [3.63, 3.8) is 0 Å². The van der Waals surface area contributed by atoms with E-state index in [9.17, 15) is 4.79 Å². The first-order chi connectivity index (χ1) is 6.23. The smallest absolute Gasteiger partial charge is 0.304 e. The normalized spacial score (nSPS) is 31.2. The van der Waals surface area contributed by atoms with Gasteiger partial charge in [-0.2, -0.15) is 0 Å². The van der Waals surface area contributed by atoms with E-state index in [1.807, 2.05) is 0 Å². The van der Waals surface area contributed by atoms with E-state index < -0.39 is 5.97 Å². The Morgan fingerprint density at radius 1 is 1.46 bits per heavy atom. The number of carboxylic acids is 1. The molecule has 0 aromatic heterocycles. The molecule has 2 rings (SSSR count). The Hall–Kier alpha value is -0.570.